The zero-order valence-corrected chi connectivity index (χ0v) is 13.1. The summed E-state index contributed by atoms with van der Waals surface area (Å²) in [5.41, 5.74) is 0.939. The average molecular weight is 312 g/mol. The van der Waals surface area contributed by atoms with E-state index in [2.05, 4.69) is 17.1 Å². The van der Waals surface area contributed by atoms with E-state index in [9.17, 15) is 10.1 Å². The molecule has 2 rings (SSSR count). The first-order valence-electron chi connectivity index (χ1n) is 7.51. The third kappa shape index (κ3) is 4.32. The predicted octanol–water partition coefficient (Wildman–Crippen LogP) is 3.46. The highest BCUT2D eigenvalue weighted by Crippen LogP contribution is 2.31. The topological polar surface area (TPSA) is 58.4 Å². The molecular weight excluding hydrogens is 290 g/mol. The third-order valence-electron chi connectivity index (χ3n) is 3.85. The van der Waals surface area contributed by atoms with Gasteiger partial charge in [0.2, 0.25) is 0 Å². The summed E-state index contributed by atoms with van der Waals surface area (Å²) in [5.74, 6) is 0.608. The highest BCUT2D eigenvalue weighted by Gasteiger charge is 2.19. The van der Waals surface area contributed by atoms with Gasteiger partial charge in [-0.1, -0.05) is 18.5 Å². The first-order valence-corrected chi connectivity index (χ1v) is 7.89. The van der Waals surface area contributed by atoms with Crippen molar-refractivity contribution in [2.24, 2.45) is 5.92 Å². The fourth-order valence-electron chi connectivity index (χ4n) is 2.84. The molecule has 1 heterocycles. The Morgan fingerprint density at radius 2 is 2.33 bits per heavy atom. The van der Waals surface area contributed by atoms with Crippen molar-refractivity contribution < 1.29 is 4.92 Å². The number of benzene rings is 1. The molecule has 21 heavy (non-hydrogen) atoms. The molecule has 1 aromatic carbocycles. The second-order valence-electron chi connectivity index (χ2n) is 5.55. The second kappa shape index (κ2) is 7.61. The Kier molecular flexibility index (Phi) is 5.82. The first kappa shape index (κ1) is 16.0. The van der Waals surface area contributed by atoms with E-state index in [1.165, 1.54) is 25.0 Å². The number of piperidine rings is 1. The summed E-state index contributed by atoms with van der Waals surface area (Å²) in [7, 11) is 0. The van der Waals surface area contributed by atoms with Crippen LogP contribution in [0.1, 0.15) is 26.2 Å². The molecule has 5 nitrogen and oxygen atoms in total. The van der Waals surface area contributed by atoms with Gasteiger partial charge >= 0.3 is 0 Å². The van der Waals surface area contributed by atoms with Crippen LogP contribution in [0.15, 0.2) is 18.2 Å². The molecule has 0 bridgehead atoms. The summed E-state index contributed by atoms with van der Waals surface area (Å²) < 4.78 is 0. The number of non-ortho nitro benzene ring substituents is 1. The summed E-state index contributed by atoms with van der Waals surface area (Å²) in [6.45, 7) is 6.12. The van der Waals surface area contributed by atoms with Crippen LogP contribution in [-0.4, -0.2) is 31.1 Å². The molecule has 1 unspecified atom stereocenters. The SMILES string of the molecule is CCCN(CC1CCCNC1)c1ccc([N+](=O)[O-])cc1Cl. The second-order valence-corrected chi connectivity index (χ2v) is 5.96. The number of nitro benzene ring substituents is 1. The molecule has 0 aromatic heterocycles. The van der Waals surface area contributed by atoms with Crippen LogP contribution in [0.4, 0.5) is 11.4 Å². The van der Waals surface area contributed by atoms with E-state index in [1.54, 1.807) is 6.07 Å². The lowest BCUT2D eigenvalue weighted by Gasteiger charge is -2.32. The van der Waals surface area contributed by atoms with E-state index >= 15 is 0 Å². The molecule has 1 saturated heterocycles. The highest BCUT2D eigenvalue weighted by molar-refractivity contribution is 6.33. The van der Waals surface area contributed by atoms with E-state index < -0.39 is 4.92 Å². The van der Waals surface area contributed by atoms with Crippen LogP contribution in [0.2, 0.25) is 5.02 Å². The zero-order chi connectivity index (χ0) is 15.2. The molecule has 1 aliphatic heterocycles. The van der Waals surface area contributed by atoms with Gasteiger partial charge in [-0.25, -0.2) is 0 Å². The molecule has 0 aliphatic carbocycles. The number of halogens is 1. The summed E-state index contributed by atoms with van der Waals surface area (Å²) in [5, 5.41) is 14.7. The zero-order valence-electron chi connectivity index (χ0n) is 12.3. The van der Waals surface area contributed by atoms with Gasteiger partial charge in [-0.3, -0.25) is 10.1 Å². The minimum atomic E-state index is -0.412. The lowest BCUT2D eigenvalue weighted by atomic mass is 9.98. The Balaban J connectivity index is 2.14. The third-order valence-corrected chi connectivity index (χ3v) is 4.16. The molecule has 0 amide bonds. The molecule has 1 fully saturated rings. The van der Waals surface area contributed by atoms with E-state index in [1.807, 2.05) is 0 Å². The first-order chi connectivity index (χ1) is 10.1. The molecular formula is C15H22ClN3O2. The minimum Gasteiger partial charge on any atom is -0.370 e. The molecule has 1 N–H and O–H groups in total. The number of nitrogens with one attached hydrogen (secondary N) is 1. The van der Waals surface area contributed by atoms with Crippen molar-refractivity contribution in [1.82, 2.24) is 5.32 Å². The summed E-state index contributed by atoms with van der Waals surface area (Å²) in [4.78, 5) is 12.6. The van der Waals surface area contributed by atoms with Gasteiger partial charge in [0.1, 0.15) is 0 Å². The van der Waals surface area contributed by atoms with Crippen molar-refractivity contribution in [1.29, 1.82) is 0 Å². The fraction of sp³-hybridized carbons (Fsp3) is 0.600. The molecule has 6 heteroatoms. The van der Waals surface area contributed by atoms with Crippen LogP contribution in [0.25, 0.3) is 0 Å². The molecule has 1 atom stereocenters. The molecule has 0 radical (unpaired) electrons. The van der Waals surface area contributed by atoms with Gasteiger partial charge < -0.3 is 10.2 Å². The van der Waals surface area contributed by atoms with Crippen LogP contribution in [0, 0.1) is 16.0 Å². The number of anilines is 1. The number of nitro groups is 1. The van der Waals surface area contributed by atoms with Crippen LogP contribution in [-0.2, 0) is 0 Å². The number of rotatable bonds is 6. The van der Waals surface area contributed by atoms with Gasteiger partial charge in [0.25, 0.3) is 5.69 Å². The van der Waals surface area contributed by atoms with E-state index in [0.29, 0.717) is 10.9 Å². The van der Waals surface area contributed by atoms with Crippen molar-refractivity contribution in [2.75, 3.05) is 31.1 Å². The molecule has 0 saturated carbocycles. The molecule has 0 spiro atoms. The van der Waals surface area contributed by atoms with Gasteiger partial charge in [-0.05, 0) is 44.3 Å². The highest BCUT2D eigenvalue weighted by atomic mass is 35.5. The smallest absolute Gasteiger partial charge is 0.271 e. The monoisotopic (exact) mass is 311 g/mol. The van der Waals surface area contributed by atoms with Crippen molar-refractivity contribution in [3.05, 3.63) is 33.3 Å². The van der Waals surface area contributed by atoms with Gasteiger partial charge in [-0.2, -0.15) is 0 Å². The van der Waals surface area contributed by atoms with Crippen molar-refractivity contribution >= 4 is 23.0 Å². The van der Waals surface area contributed by atoms with E-state index in [-0.39, 0.29) is 5.69 Å². The molecule has 1 aromatic rings. The quantitative estimate of drug-likeness (QED) is 0.645. The lowest BCUT2D eigenvalue weighted by molar-refractivity contribution is -0.384. The normalized spacial score (nSPS) is 18.5. The number of hydrogen-bond donors (Lipinski definition) is 1. The lowest BCUT2D eigenvalue weighted by Crippen LogP contribution is -2.38. The van der Waals surface area contributed by atoms with Crippen LogP contribution in [0.5, 0.6) is 0 Å². The molecule has 1 aliphatic rings. The van der Waals surface area contributed by atoms with Crippen molar-refractivity contribution in [2.45, 2.75) is 26.2 Å². The maximum absolute atomic E-state index is 10.8. The van der Waals surface area contributed by atoms with E-state index in [4.69, 9.17) is 11.6 Å². The molecule has 116 valence electrons. The maximum atomic E-state index is 10.8. The minimum absolute atomic E-state index is 0.0412. The largest absolute Gasteiger partial charge is 0.370 e. The van der Waals surface area contributed by atoms with E-state index in [0.717, 1.165) is 38.3 Å². The maximum Gasteiger partial charge on any atom is 0.271 e. The Hall–Kier alpha value is -1.33. The Morgan fingerprint density at radius 1 is 1.52 bits per heavy atom. The number of hydrogen-bond acceptors (Lipinski definition) is 4. The Labute approximate surface area is 130 Å². The van der Waals surface area contributed by atoms with Crippen LogP contribution < -0.4 is 10.2 Å². The fourth-order valence-corrected chi connectivity index (χ4v) is 3.13. The van der Waals surface area contributed by atoms with Crippen molar-refractivity contribution in [3.8, 4) is 0 Å². The van der Waals surface area contributed by atoms with Gasteiger partial charge in [0.15, 0.2) is 0 Å². The Bertz CT molecular complexity index is 490. The summed E-state index contributed by atoms with van der Waals surface area (Å²) in [6.07, 6.45) is 3.45. The number of nitrogens with zero attached hydrogens (tertiary/aromatic N) is 2. The van der Waals surface area contributed by atoms with Crippen molar-refractivity contribution in [3.63, 3.8) is 0 Å². The predicted molar refractivity (Wildman–Crippen MR) is 86.2 cm³/mol. The van der Waals surface area contributed by atoms with Crippen LogP contribution in [0.3, 0.4) is 0 Å². The van der Waals surface area contributed by atoms with Gasteiger partial charge in [-0.15, -0.1) is 0 Å². The average Bonchev–Trinajstić information content (AvgIpc) is 2.48. The standard InChI is InChI=1S/C15H22ClN3O2/c1-2-8-18(11-12-4-3-7-17-10-12)15-6-5-13(19(20)21)9-14(15)16/h5-6,9,12,17H,2-4,7-8,10-11H2,1H3. The Morgan fingerprint density at radius 3 is 2.90 bits per heavy atom. The summed E-state index contributed by atoms with van der Waals surface area (Å²) in [6, 6.07) is 4.74. The summed E-state index contributed by atoms with van der Waals surface area (Å²) >= 11 is 6.26. The van der Waals surface area contributed by atoms with Crippen LogP contribution >= 0.6 is 11.6 Å². The van der Waals surface area contributed by atoms with Gasteiger partial charge in [0, 0.05) is 25.2 Å². The van der Waals surface area contributed by atoms with Gasteiger partial charge in [0.05, 0.1) is 15.6 Å².